The molecule has 0 spiro atoms. The van der Waals surface area contributed by atoms with Gasteiger partial charge in [-0.1, -0.05) is 16.1 Å². The van der Waals surface area contributed by atoms with Gasteiger partial charge >= 0.3 is 0 Å². The SMILES string of the molecule is COc1cc(C#N)cc(OCc2nnsc2Cl)c1. The Kier molecular flexibility index (Phi) is 3.97. The first-order chi connectivity index (χ1) is 8.72. The van der Waals surface area contributed by atoms with Gasteiger partial charge in [0.25, 0.3) is 0 Å². The maximum Gasteiger partial charge on any atom is 0.141 e. The van der Waals surface area contributed by atoms with E-state index in [4.69, 9.17) is 26.3 Å². The summed E-state index contributed by atoms with van der Waals surface area (Å²) in [4.78, 5) is 0. The number of methoxy groups -OCH3 is 1. The predicted octanol–water partition coefficient (Wildman–Crippen LogP) is 2.65. The summed E-state index contributed by atoms with van der Waals surface area (Å²) in [6, 6.07) is 6.97. The summed E-state index contributed by atoms with van der Waals surface area (Å²) in [5.74, 6) is 1.08. The number of benzene rings is 1. The second kappa shape index (κ2) is 5.67. The van der Waals surface area contributed by atoms with Gasteiger partial charge in [-0.15, -0.1) is 5.10 Å². The van der Waals surface area contributed by atoms with Crippen molar-refractivity contribution >= 4 is 23.1 Å². The van der Waals surface area contributed by atoms with Gasteiger partial charge in [-0.2, -0.15) is 5.26 Å². The van der Waals surface area contributed by atoms with Gasteiger partial charge in [0, 0.05) is 17.6 Å². The average molecular weight is 282 g/mol. The Balaban J connectivity index is 2.14. The predicted molar refractivity (Wildman–Crippen MR) is 67.0 cm³/mol. The smallest absolute Gasteiger partial charge is 0.141 e. The van der Waals surface area contributed by atoms with Crippen molar-refractivity contribution in [2.45, 2.75) is 6.61 Å². The number of hydrogen-bond donors (Lipinski definition) is 0. The van der Waals surface area contributed by atoms with Crippen LogP contribution in [0.2, 0.25) is 4.34 Å². The molecule has 92 valence electrons. The topological polar surface area (TPSA) is 68.0 Å². The third kappa shape index (κ3) is 2.88. The van der Waals surface area contributed by atoms with Crippen LogP contribution in [0.25, 0.3) is 0 Å². The van der Waals surface area contributed by atoms with E-state index in [9.17, 15) is 0 Å². The lowest BCUT2D eigenvalue weighted by Crippen LogP contribution is -1.97. The molecule has 0 saturated carbocycles. The highest BCUT2D eigenvalue weighted by Crippen LogP contribution is 2.24. The molecular formula is C11H8ClN3O2S. The first kappa shape index (κ1) is 12.6. The summed E-state index contributed by atoms with van der Waals surface area (Å²) >= 11 is 6.96. The highest BCUT2D eigenvalue weighted by Gasteiger charge is 2.07. The fraction of sp³-hybridized carbons (Fsp3) is 0.182. The third-order valence-electron chi connectivity index (χ3n) is 2.13. The zero-order valence-corrected chi connectivity index (χ0v) is 11.0. The highest BCUT2D eigenvalue weighted by atomic mass is 35.5. The lowest BCUT2D eigenvalue weighted by Gasteiger charge is -2.07. The molecule has 0 unspecified atom stereocenters. The Bertz CT molecular complexity index is 594. The summed E-state index contributed by atoms with van der Waals surface area (Å²) in [6.45, 7) is 0.202. The van der Waals surface area contributed by atoms with Gasteiger partial charge in [0.1, 0.15) is 28.1 Å². The van der Waals surface area contributed by atoms with Crippen LogP contribution in [0.15, 0.2) is 18.2 Å². The zero-order valence-electron chi connectivity index (χ0n) is 9.38. The standard InChI is InChI=1S/C11H8ClN3O2S/c1-16-8-2-7(5-13)3-9(4-8)17-6-10-11(12)18-15-14-10/h2-4H,6H2,1H3. The van der Waals surface area contributed by atoms with Gasteiger partial charge in [0.05, 0.1) is 18.7 Å². The van der Waals surface area contributed by atoms with Gasteiger partial charge in [-0.05, 0) is 12.1 Å². The Labute approximate surface area is 113 Å². The van der Waals surface area contributed by atoms with E-state index in [0.717, 1.165) is 11.5 Å². The minimum Gasteiger partial charge on any atom is -0.497 e. The van der Waals surface area contributed by atoms with Crippen LogP contribution in [0.1, 0.15) is 11.3 Å². The molecule has 2 rings (SSSR count). The van der Waals surface area contributed by atoms with Crippen LogP contribution in [0, 0.1) is 11.3 Å². The molecule has 0 aliphatic carbocycles. The molecule has 1 aromatic heterocycles. The molecule has 0 amide bonds. The molecule has 0 N–H and O–H groups in total. The van der Waals surface area contributed by atoms with Gasteiger partial charge in [0.15, 0.2) is 0 Å². The Morgan fingerprint density at radius 1 is 1.39 bits per heavy atom. The lowest BCUT2D eigenvalue weighted by atomic mass is 10.2. The molecule has 0 bridgehead atoms. The number of ether oxygens (including phenoxy) is 2. The molecule has 0 aliphatic heterocycles. The van der Waals surface area contributed by atoms with Crippen molar-refractivity contribution in [1.29, 1.82) is 5.26 Å². The van der Waals surface area contributed by atoms with Crippen molar-refractivity contribution < 1.29 is 9.47 Å². The fourth-order valence-electron chi connectivity index (χ4n) is 1.27. The number of halogens is 1. The summed E-state index contributed by atoms with van der Waals surface area (Å²) in [7, 11) is 1.53. The van der Waals surface area contributed by atoms with Gasteiger partial charge < -0.3 is 9.47 Å². The molecule has 0 atom stereocenters. The van der Waals surface area contributed by atoms with Crippen LogP contribution in [-0.4, -0.2) is 16.7 Å². The largest absolute Gasteiger partial charge is 0.497 e. The minimum atomic E-state index is 0.202. The van der Waals surface area contributed by atoms with Crippen molar-refractivity contribution in [3.63, 3.8) is 0 Å². The van der Waals surface area contributed by atoms with E-state index in [1.807, 2.05) is 6.07 Å². The number of aromatic nitrogens is 2. The molecule has 0 saturated heterocycles. The van der Waals surface area contributed by atoms with Crippen LogP contribution < -0.4 is 9.47 Å². The van der Waals surface area contributed by atoms with Crippen molar-refractivity contribution in [1.82, 2.24) is 9.59 Å². The number of hydrogen-bond acceptors (Lipinski definition) is 6. The summed E-state index contributed by atoms with van der Waals surface area (Å²) in [5, 5.41) is 12.7. The van der Waals surface area contributed by atoms with Crippen LogP contribution >= 0.6 is 23.1 Å². The van der Waals surface area contributed by atoms with E-state index in [2.05, 4.69) is 9.59 Å². The maximum atomic E-state index is 8.88. The summed E-state index contributed by atoms with van der Waals surface area (Å²) in [5.41, 5.74) is 1.04. The van der Waals surface area contributed by atoms with Crippen LogP contribution in [0.5, 0.6) is 11.5 Å². The lowest BCUT2D eigenvalue weighted by molar-refractivity contribution is 0.299. The van der Waals surface area contributed by atoms with E-state index in [-0.39, 0.29) is 6.61 Å². The minimum absolute atomic E-state index is 0.202. The molecule has 0 aliphatic rings. The number of nitrogens with zero attached hydrogens (tertiary/aromatic N) is 3. The van der Waals surface area contributed by atoms with Crippen LogP contribution in [0.3, 0.4) is 0 Å². The van der Waals surface area contributed by atoms with Gasteiger partial charge in [0.2, 0.25) is 0 Å². The van der Waals surface area contributed by atoms with Gasteiger partial charge in [-0.3, -0.25) is 0 Å². The molecule has 0 radical (unpaired) electrons. The molecule has 5 nitrogen and oxygen atoms in total. The van der Waals surface area contributed by atoms with E-state index in [1.54, 1.807) is 18.2 Å². The first-order valence-corrected chi connectivity index (χ1v) is 6.07. The molecule has 1 aromatic carbocycles. The molecular weight excluding hydrogens is 274 g/mol. The molecule has 18 heavy (non-hydrogen) atoms. The number of rotatable bonds is 4. The number of nitriles is 1. The quantitative estimate of drug-likeness (QED) is 0.862. The van der Waals surface area contributed by atoms with Crippen LogP contribution in [-0.2, 0) is 6.61 Å². The van der Waals surface area contributed by atoms with Crippen molar-refractivity contribution in [3.05, 3.63) is 33.8 Å². The zero-order chi connectivity index (χ0) is 13.0. The molecule has 2 aromatic rings. The van der Waals surface area contributed by atoms with Crippen LogP contribution in [0.4, 0.5) is 0 Å². The fourth-order valence-corrected chi connectivity index (χ4v) is 1.87. The van der Waals surface area contributed by atoms with Crippen molar-refractivity contribution in [3.8, 4) is 17.6 Å². The molecule has 1 heterocycles. The third-order valence-corrected chi connectivity index (χ3v) is 3.11. The first-order valence-electron chi connectivity index (χ1n) is 4.91. The highest BCUT2D eigenvalue weighted by molar-refractivity contribution is 7.10. The average Bonchev–Trinajstić information content (AvgIpc) is 2.81. The monoisotopic (exact) mass is 281 g/mol. The Morgan fingerprint density at radius 3 is 2.78 bits per heavy atom. The normalized spacial score (nSPS) is 9.83. The molecule has 0 fully saturated rings. The van der Waals surface area contributed by atoms with Gasteiger partial charge in [-0.25, -0.2) is 0 Å². The maximum absolute atomic E-state index is 8.88. The van der Waals surface area contributed by atoms with Crippen molar-refractivity contribution in [2.24, 2.45) is 0 Å². The van der Waals surface area contributed by atoms with E-state index in [0.29, 0.717) is 27.1 Å². The second-order valence-corrected chi connectivity index (χ2v) is 4.65. The second-order valence-electron chi connectivity index (χ2n) is 3.29. The van der Waals surface area contributed by atoms with E-state index >= 15 is 0 Å². The van der Waals surface area contributed by atoms with E-state index < -0.39 is 0 Å². The Hall–Kier alpha value is -1.84. The van der Waals surface area contributed by atoms with E-state index in [1.165, 1.54) is 7.11 Å². The Morgan fingerprint density at radius 2 is 2.17 bits per heavy atom. The summed E-state index contributed by atoms with van der Waals surface area (Å²) in [6.07, 6.45) is 0. The summed E-state index contributed by atoms with van der Waals surface area (Å²) < 4.78 is 14.8. The van der Waals surface area contributed by atoms with Crippen molar-refractivity contribution in [2.75, 3.05) is 7.11 Å². The molecule has 7 heteroatoms.